The molecule has 3 nitrogen and oxygen atoms in total. The van der Waals surface area contributed by atoms with E-state index < -0.39 is 0 Å². The maximum atomic E-state index is 5.36. The molecule has 0 fully saturated rings. The molecule has 3 heteroatoms. The Morgan fingerprint density at radius 3 is 3.10 bits per heavy atom. The van der Waals surface area contributed by atoms with Crippen LogP contribution in [0.25, 0.3) is 0 Å². The molecule has 1 rings (SSSR count). The minimum Gasteiger partial charge on any atom is -0.337 e. The lowest BCUT2D eigenvalue weighted by Crippen LogP contribution is -2.02. The molecule has 0 radical (unpaired) electrons. The molecule has 0 aliphatic heterocycles. The normalized spacial score (nSPS) is 10.2. The fourth-order valence-corrected chi connectivity index (χ4v) is 0.856. The number of aryl methyl sites for hydroxylation is 1. The number of nitrogens with two attached hydrogens (primary N) is 1. The summed E-state index contributed by atoms with van der Waals surface area (Å²) in [4.78, 5) is 4.16. The first-order valence-corrected chi connectivity index (χ1v) is 3.57. The summed E-state index contributed by atoms with van der Waals surface area (Å²) in [5.74, 6) is 0. The van der Waals surface area contributed by atoms with Crippen molar-refractivity contribution in [3.8, 4) is 0 Å². The highest BCUT2D eigenvalue weighted by atomic mass is 15.0. The Balaban J connectivity index is 0.000001000. The molecule has 58 valence electrons. The summed E-state index contributed by atoms with van der Waals surface area (Å²) < 4.78 is 2.05. The number of rotatable bonds is 3. The molecule has 0 unspecified atom stereocenters. The molecular weight excluding hydrogens is 126 g/mol. The fraction of sp³-hybridized carbons (Fsp3) is 0.571. The minimum absolute atomic E-state index is 0. The van der Waals surface area contributed by atoms with E-state index in [9.17, 15) is 0 Å². The predicted octanol–water partition coefficient (Wildman–Crippen LogP) is 0.650. The molecule has 0 bridgehead atoms. The molecule has 0 atom stereocenters. The first-order valence-electron chi connectivity index (χ1n) is 3.57. The summed E-state index contributed by atoms with van der Waals surface area (Å²) in [6.45, 7) is 3.76. The summed E-state index contributed by atoms with van der Waals surface area (Å²) in [6.07, 6.45) is 4.75. The van der Waals surface area contributed by atoms with Gasteiger partial charge in [-0.2, -0.15) is 0 Å². The van der Waals surface area contributed by atoms with Gasteiger partial charge in [0.1, 0.15) is 0 Å². The SMILES string of the molecule is CCn1cnc(CCN)c1.[HH]. The topological polar surface area (TPSA) is 43.8 Å². The molecule has 1 aromatic heterocycles. The van der Waals surface area contributed by atoms with Crippen LogP contribution in [-0.2, 0) is 13.0 Å². The van der Waals surface area contributed by atoms with Crippen molar-refractivity contribution in [1.82, 2.24) is 9.55 Å². The Morgan fingerprint density at radius 1 is 1.80 bits per heavy atom. The quantitative estimate of drug-likeness (QED) is 0.671. The molecule has 2 N–H and O–H groups in total. The van der Waals surface area contributed by atoms with Gasteiger partial charge >= 0.3 is 0 Å². The highest BCUT2D eigenvalue weighted by molar-refractivity contribution is 4.96. The monoisotopic (exact) mass is 141 g/mol. The standard InChI is InChI=1S/C7H13N3.H2/c1-2-10-5-7(3-4-8)9-6-10;/h5-6H,2-4,8H2,1H3;1H. The van der Waals surface area contributed by atoms with Gasteiger partial charge < -0.3 is 10.3 Å². The second-order valence-electron chi connectivity index (χ2n) is 2.23. The van der Waals surface area contributed by atoms with Gasteiger partial charge in [0.05, 0.1) is 12.0 Å². The van der Waals surface area contributed by atoms with Gasteiger partial charge in [-0.25, -0.2) is 4.98 Å². The Bertz CT molecular complexity index is 197. The van der Waals surface area contributed by atoms with Crippen molar-refractivity contribution in [2.24, 2.45) is 5.73 Å². The average Bonchev–Trinajstić information content (AvgIpc) is 2.37. The van der Waals surface area contributed by atoms with E-state index in [1.807, 2.05) is 17.1 Å². The Kier molecular flexibility index (Phi) is 2.45. The van der Waals surface area contributed by atoms with Crippen molar-refractivity contribution in [1.29, 1.82) is 0 Å². The molecule has 0 saturated carbocycles. The Morgan fingerprint density at radius 2 is 2.60 bits per heavy atom. The zero-order valence-corrected chi connectivity index (χ0v) is 6.25. The van der Waals surface area contributed by atoms with Crippen LogP contribution in [0.1, 0.15) is 14.0 Å². The van der Waals surface area contributed by atoms with E-state index >= 15 is 0 Å². The molecule has 0 aliphatic carbocycles. The number of imidazole rings is 1. The molecule has 10 heavy (non-hydrogen) atoms. The Labute approximate surface area is 62.4 Å². The molecule has 0 amide bonds. The van der Waals surface area contributed by atoms with E-state index in [1.165, 1.54) is 0 Å². The summed E-state index contributed by atoms with van der Waals surface area (Å²) in [5.41, 5.74) is 6.45. The summed E-state index contributed by atoms with van der Waals surface area (Å²) >= 11 is 0. The van der Waals surface area contributed by atoms with Gasteiger partial charge in [0.25, 0.3) is 0 Å². The van der Waals surface area contributed by atoms with Gasteiger partial charge in [-0.15, -0.1) is 0 Å². The van der Waals surface area contributed by atoms with Crippen LogP contribution >= 0.6 is 0 Å². The van der Waals surface area contributed by atoms with Gasteiger partial charge in [-0.05, 0) is 13.5 Å². The zero-order valence-electron chi connectivity index (χ0n) is 6.25. The minimum atomic E-state index is 0. The largest absolute Gasteiger partial charge is 0.337 e. The lowest BCUT2D eigenvalue weighted by molar-refractivity contribution is 0.760. The third-order valence-corrected chi connectivity index (χ3v) is 1.45. The Hall–Kier alpha value is -0.830. The summed E-state index contributed by atoms with van der Waals surface area (Å²) in [7, 11) is 0. The van der Waals surface area contributed by atoms with Crippen molar-refractivity contribution in [3.05, 3.63) is 18.2 Å². The second-order valence-corrected chi connectivity index (χ2v) is 2.23. The first kappa shape index (κ1) is 7.28. The van der Waals surface area contributed by atoms with Crippen LogP contribution in [0.3, 0.4) is 0 Å². The molecule has 0 saturated heterocycles. The molecule has 1 heterocycles. The van der Waals surface area contributed by atoms with Crippen LogP contribution < -0.4 is 5.73 Å². The van der Waals surface area contributed by atoms with Crippen molar-refractivity contribution in [3.63, 3.8) is 0 Å². The van der Waals surface area contributed by atoms with E-state index in [4.69, 9.17) is 5.73 Å². The molecule has 0 aliphatic rings. The zero-order chi connectivity index (χ0) is 7.40. The van der Waals surface area contributed by atoms with Crippen molar-refractivity contribution < 1.29 is 1.43 Å². The maximum Gasteiger partial charge on any atom is 0.0949 e. The number of nitrogens with zero attached hydrogens (tertiary/aromatic N) is 2. The second kappa shape index (κ2) is 3.37. The van der Waals surface area contributed by atoms with Crippen molar-refractivity contribution >= 4 is 0 Å². The van der Waals surface area contributed by atoms with E-state index in [2.05, 4.69) is 11.9 Å². The molecule has 0 aromatic carbocycles. The van der Waals surface area contributed by atoms with Gasteiger partial charge in [-0.1, -0.05) is 0 Å². The van der Waals surface area contributed by atoms with Crippen molar-refractivity contribution in [2.45, 2.75) is 19.9 Å². The summed E-state index contributed by atoms with van der Waals surface area (Å²) in [6, 6.07) is 0. The van der Waals surface area contributed by atoms with E-state index in [-0.39, 0.29) is 1.43 Å². The highest BCUT2D eigenvalue weighted by Gasteiger charge is 1.93. The van der Waals surface area contributed by atoms with Crippen LogP contribution in [-0.4, -0.2) is 16.1 Å². The lowest BCUT2D eigenvalue weighted by atomic mass is 10.3. The van der Waals surface area contributed by atoms with Crippen LogP contribution in [0, 0.1) is 0 Å². The third-order valence-electron chi connectivity index (χ3n) is 1.45. The van der Waals surface area contributed by atoms with E-state index in [1.54, 1.807) is 0 Å². The van der Waals surface area contributed by atoms with Crippen molar-refractivity contribution in [2.75, 3.05) is 6.54 Å². The average molecular weight is 141 g/mol. The van der Waals surface area contributed by atoms with E-state index in [0.717, 1.165) is 18.7 Å². The maximum absolute atomic E-state index is 5.36. The fourth-order valence-electron chi connectivity index (χ4n) is 0.856. The van der Waals surface area contributed by atoms with Crippen LogP contribution in [0.2, 0.25) is 0 Å². The van der Waals surface area contributed by atoms with Gasteiger partial charge in [0, 0.05) is 20.6 Å². The first-order chi connectivity index (χ1) is 4.86. The van der Waals surface area contributed by atoms with Gasteiger partial charge in [-0.3, -0.25) is 0 Å². The highest BCUT2D eigenvalue weighted by Crippen LogP contribution is 1.95. The number of aromatic nitrogens is 2. The summed E-state index contributed by atoms with van der Waals surface area (Å²) in [5, 5.41) is 0. The van der Waals surface area contributed by atoms with Crippen LogP contribution in [0.5, 0.6) is 0 Å². The molecule has 1 aromatic rings. The number of hydrogen-bond donors (Lipinski definition) is 1. The van der Waals surface area contributed by atoms with Gasteiger partial charge in [0.15, 0.2) is 0 Å². The third kappa shape index (κ3) is 1.57. The number of hydrogen-bond acceptors (Lipinski definition) is 2. The van der Waals surface area contributed by atoms with E-state index in [0.29, 0.717) is 6.54 Å². The smallest absolute Gasteiger partial charge is 0.0949 e. The molecular formula is C7H15N3. The predicted molar refractivity (Wildman–Crippen MR) is 42.8 cm³/mol. The lowest BCUT2D eigenvalue weighted by Gasteiger charge is -1.90. The van der Waals surface area contributed by atoms with Crippen LogP contribution in [0.4, 0.5) is 0 Å². The van der Waals surface area contributed by atoms with Gasteiger partial charge in [0.2, 0.25) is 0 Å². The molecule has 0 spiro atoms. The van der Waals surface area contributed by atoms with Crippen LogP contribution in [0.15, 0.2) is 12.5 Å².